The first-order valence-electron chi connectivity index (χ1n) is 6.36. The molecule has 1 saturated heterocycles. The van der Waals surface area contributed by atoms with Crippen molar-refractivity contribution in [2.75, 3.05) is 13.1 Å². The Kier molecular flexibility index (Phi) is 3.20. The van der Waals surface area contributed by atoms with E-state index < -0.39 is 0 Å². The fourth-order valence-electron chi connectivity index (χ4n) is 2.30. The summed E-state index contributed by atoms with van der Waals surface area (Å²) in [6.45, 7) is 2.42. The quantitative estimate of drug-likeness (QED) is 0.857. The normalized spacial score (nSPS) is 24.9. The second kappa shape index (κ2) is 4.80. The zero-order chi connectivity index (χ0) is 10.8. The third-order valence-electron chi connectivity index (χ3n) is 3.44. The standard InChI is InChI=1S/C14H19NS/c1-3-13(16-14-5-6-14)4-2-11(1)9-12-7-8-15-10-12/h1-4,12,14-15H,5-10H2. The van der Waals surface area contributed by atoms with Gasteiger partial charge in [-0.25, -0.2) is 0 Å². The van der Waals surface area contributed by atoms with E-state index in [4.69, 9.17) is 0 Å². The van der Waals surface area contributed by atoms with Crippen molar-refractivity contribution in [3.8, 4) is 0 Å². The van der Waals surface area contributed by atoms with Gasteiger partial charge < -0.3 is 5.32 Å². The van der Waals surface area contributed by atoms with Crippen LogP contribution in [-0.2, 0) is 6.42 Å². The number of thioether (sulfide) groups is 1. The predicted molar refractivity (Wildman–Crippen MR) is 70.0 cm³/mol. The molecule has 1 aromatic rings. The Morgan fingerprint density at radius 2 is 1.94 bits per heavy atom. The van der Waals surface area contributed by atoms with Gasteiger partial charge in [0.1, 0.15) is 0 Å². The van der Waals surface area contributed by atoms with Gasteiger partial charge in [0.25, 0.3) is 0 Å². The molecule has 1 heterocycles. The lowest BCUT2D eigenvalue weighted by Crippen LogP contribution is -2.10. The average Bonchev–Trinajstić information content (AvgIpc) is 2.96. The smallest absolute Gasteiger partial charge is 0.00952 e. The van der Waals surface area contributed by atoms with Crippen LogP contribution in [0.1, 0.15) is 24.8 Å². The molecular formula is C14H19NS. The molecule has 0 spiro atoms. The zero-order valence-electron chi connectivity index (χ0n) is 9.61. The van der Waals surface area contributed by atoms with Crippen molar-refractivity contribution in [2.45, 2.75) is 35.8 Å². The summed E-state index contributed by atoms with van der Waals surface area (Å²) in [5, 5.41) is 4.36. The minimum atomic E-state index is 0.863. The Morgan fingerprint density at radius 3 is 2.56 bits per heavy atom. The molecule has 1 atom stereocenters. The van der Waals surface area contributed by atoms with Crippen LogP contribution in [0.3, 0.4) is 0 Å². The van der Waals surface area contributed by atoms with Gasteiger partial charge in [0.15, 0.2) is 0 Å². The van der Waals surface area contributed by atoms with Crippen molar-refractivity contribution in [3.63, 3.8) is 0 Å². The number of rotatable bonds is 4. The van der Waals surface area contributed by atoms with E-state index in [0.29, 0.717) is 0 Å². The summed E-state index contributed by atoms with van der Waals surface area (Å²) in [7, 11) is 0. The van der Waals surface area contributed by atoms with E-state index in [0.717, 1.165) is 11.2 Å². The number of hydrogen-bond acceptors (Lipinski definition) is 2. The Hall–Kier alpha value is -0.470. The van der Waals surface area contributed by atoms with E-state index in [1.165, 1.54) is 49.2 Å². The Balaban J connectivity index is 1.57. The maximum Gasteiger partial charge on any atom is 0.00952 e. The van der Waals surface area contributed by atoms with E-state index in [2.05, 4.69) is 29.6 Å². The van der Waals surface area contributed by atoms with E-state index in [1.54, 1.807) is 0 Å². The summed E-state index contributed by atoms with van der Waals surface area (Å²) in [5.41, 5.74) is 1.51. The van der Waals surface area contributed by atoms with Crippen LogP contribution in [0.25, 0.3) is 0 Å². The molecule has 2 aliphatic rings. The first-order valence-corrected chi connectivity index (χ1v) is 7.24. The van der Waals surface area contributed by atoms with Crippen molar-refractivity contribution in [3.05, 3.63) is 29.8 Å². The van der Waals surface area contributed by atoms with Crippen molar-refractivity contribution in [1.82, 2.24) is 5.32 Å². The highest BCUT2D eigenvalue weighted by molar-refractivity contribution is 8.00. The van der Waals surface area contributed by atoms with Gasteiger partial charge in [0.2, 0.25) is 0 Å². The third kappa shape index (κ3) is 2.80. The Morgan fingerprint density at radius 1 is 1.12 bits per heavy atom. The van der Waals surface area contributed by atoms with Crippen molar-refractivity contribution < 1.29 is 0 Å². The van der Waals surface area contributed by atoms with Crippen LogP contribution in [-0.4, -0.2) is 18.3 Å². The van der Waals surface area contributed by atoms with E-state index in [9.17, 15) is 0 Å². The SMILES string of the molecule is c1cc(SC2CC2)ccc1CC1CCNC1. The molecule has 0 bridgehead atoms. The van der Waals surface area contributed by atoms with Crippen molar-refractivity contribution in [1.29, 1.82) is 0 Å². The second-order valence-corrected chi connectivity index (χ2v) is 6.40. The minimum Gasteiger partial charge on any atom is -0.316 e. The Bertz CT molecular complexity index is 336. The monoisotopic (exact) mass is 233 g/mol. The average molecular weight is 233 g/mol. The van der Waals surface area contributed by atoms with Gasteiger partial charge in [-0.3, -0.25) is 0 Å². The molecule has 2 fully saturated rings. The van der Waals surface area contributed by atoms with Crippen molar-refractivity contribution in [2.24, 2.45) is 5.92 Å². The molecule has 86 valence electrons. The molecule has 1 N–H and O–H groups in total. The van der Waals surface area contributed by atoms with Crippen LogP contribution in [0.5, 0.6) is 0 Å². The molecule has 1 unspecified atom stereocenters. The number of benzene rings is 1. The largest absolute Gasteiger partial charge is 0.316 e. The molecule has 2 heteroatoms. The molecular weight excluding hydrogens is 214 g/mol. The molecule has 0 aromatic heterocycles. The lowest BCUT2D eigenvalue weighted by molar-refractivity contribution is 0.580. The summed E-state index contributed by atoms with van der Waals surface area (Å²) in [5.74, 6) is 0.863. The van der Waals surface area contributed by atoms with Crippen LogP contribution in [0.4, 0.5) is 0 Å². The van der Waals surface area contributed by atoms with Gasteiger partial charge in [-0.05, 0) is 62.4 Å². The third-order valence-corrected chi connectivity index (χ3v) is 4.79. The molecule has 0 radical (unpaired) electrons. The van der Waals surface area contributed by atoms with Gasteiger partial charge in [-0.1, -0.05) is 12.1 Å². The van der Waals surface area contributed by atoms with Crippen LogP contribution < -0.4 is 5.32 Å². The van der Waals surface area contributed by atoms with Crippen LogP contribution in [0, 0.1) is 5.92 Å². The molecule has 1 saturated carbocycles. The second-order valence-electron chi connectivity index (χ2n) is 5.02. The van der Waals surface area contributed by atoms with E-state index in [-0.39, 0.29) is 0 Å². The molecule has 1 aromatic carbocycles. The molecule has 1 aliphatic carbocycles. The molecule has 1 nitrogen and oxygen atoms in total. The minimum absolute atomic E-state index is 0.863. The van der Waals surface area contributed by atoms with Gasteiger partial charge in [0, 0.05) is 10.1 Å². The fourth-order valence-corrected chi connectivity index (χ4v) is 3.35. The first-order chi connectivity index (χ1) is 7.90. The topological polar surface area (TPSA) is 12.0 Å². The van der Waals surface area contributed by atoms with E-state index >= 15 is 0 Å². The number of nitrogens with one attached hydrogen (secondary N) is 1. The molecule has 1 aliphatic heterocycles. The van der Waals surface area contributed by atoms with E-state index in [1.807, 2.05) is 11.8 Å². The summed E-state index contributed by atoms with van der Waals surface area (Å²) < 4.78 is 0. The molecule has 16 heavy (non-hydrogen) atoms. The molecule has 0 amide bonds. The van der Waals surface area contributed by atoms with Gasteiger partial charge in [0.05, 0.1) is 0 Å². The summed E-state index contributed by atoms with van der Waals surface area (Å²) in [6, 6.07) is 9.26. The Labute approximate surface area is 102 Å². The molecule has 3 rings (SSSR count). The first kappa shape index (κ1) is 10.7. The zero-order valence-corrected chi connectivity index (χ0v) is 10.4. The van der Waals surface area contributed by atoms with Gasteiger partial charge in [-0.2, -0.15) is 0 Å². The van der Waals surface area contributed by atoms with Crippen LogP contribution >= 0.6 is 11.8 Å². The highest BCUT2D eigenvalue weighted by atomic mass is 32.2. The predicted octanol–water partition coefficient (Wildman–Crippen LogP) is 3.09. The summed E-state index contributed by atoms with van der Waals surface area (Å²) in [6.07, 6.45) is 5.43. The fraction of sp³-hybridized carbons (Fsp3) is 0.571. The highest BCUT2D eigenvalue weighted by Gasteiger charge is 2.22. The van der Waals surface area contributed by atoms with Crippen molar-refractivity contribution >= 4 is 11.8 Å². The maximum absolute atomic E-state index is 3.43. The summed E-state index contributed by atoms with van der Waals surface area (Å²) >= 11 is 2.05. The van der Waals surface area contributed by atoms with Crippen LogP contribution in [0.15, 0.2) is 29.2 Å². The lowest BCUT2D eigenvalue weighted by atomic mass is 9.99. The maximum atomic E-state index is 3.43. The van der Waals surface area contributed by atoms with Crippen LogP contribution in [0.2, 0.25) is 0 Å². The number of hydrogen-bond donors (Lipinski definition) is 1. The highest BCUT2D eigenvalue weighted by Crippen LogP contribution is 2.39. The van der Waals surface area contributed by atoms with Gasteiger partial charge >= 0.3 is 0 Å². The lowest BCUT2D eigenvalue weighted by Gasteiger charge is -2.08. The van der Waals surface area contributed by atoms with Gasteiger partial charge in [-0.15, -0.1) is 11.8 Å². The summed E-state index contributed by atoms with van der Waals surface area (Å²) in [4.78, 5) is 1.45.